The number of aromatic nitrogens is 1. The van der Waals surface area contributed by atoms with Gasteiger partial charge in [0.05, 0.1) is 10.7 Å². The number of thioether (sulfide) groups is 1. The van der Waals surface area contributed by atoms with Crippen LogP contribution in [-0.4, -0.2) is 17.6 Å². The second-order valence-corrected chi connectivity index (χ2v) is 10.9. The molecule has 4 rings (SSSR count). The van der Waals surface area contributed by atoms with Crippen LogP contribution < -0.4 is 9.47 Å². The van der Waals surface area contributed by atoms with E-state index in [1.165, 1.54) is 32.3 Å². The molecule has 0 saturated carbocycles. The largest absolute Gasteiger partial charge is 0.477 e. The first-order chi connectivity index (χ1) is 15.3. The van der Waals surface area contributed by atoms with Gasteiger partial charge in [0.25, 0.3) is 5.01 Å². The van der Waals surface area contributed by atoms with Gasteiger partial charge in [0.1, 0.15) is 4.70 Å². The minimum Gasteiger partial charge on any atom is -0.477 e. The highest BCUT2D eigenvalue weighted by Crippen LogP contribution is 2.47. The molecule has 0 fully saturated rings. The maximum Gasteiger partial charge on any atom is 0.370 e. The lowest BCUT2D eigenvalue weighted by Gasteiger charge is -2.19. The molecule has 0 spiro atoms. The molecule has 3 aromatic rings. The van der Waals surface area contributed by atoms with Crippen molar-refractivity contribution >= 4 is 67.0 Å². The van der Waals surface area contributed by atoms with Crippen molar-refractivity contribution in [1.82, 2.24) is 0 Å². The molecule has 0 aliphatic carbocycles. The van der Waals surface area contributed by atoms with Crippen molar-refractivity contribution in [3.05, 3.63) is 67.6 Å². The lowest BCUT2D eigenvalue weighted by molar-refractivity contribution is -0.657. The summed E-state index contributed by atoms with van der Waals surface area (Å²) in [5.41, 5.74) is 6.00. The number of halogens is 1. The van der Waals surface area contributed by atoms with E-state index in [1.54, 1.807) is 11.3 Å². The highest BCUT2D eigenvalue weighted by atomic mass is 79.9. The molecule has 0 unspecified atom stereocenters. The van der Waals surface area contributed by atoms with E-state index in [0.29, 0.717) is 0 Å². The number of allylic oxidation sites excluding steroid dienone is 2. The molecule has 2 aromatic carbocycles. The van der Waals surface area contributed by atoms with Crippen molar-refractivity contribution in [2.45, 2.75) is 45.6 Å². The maximum absolute atomic E-state index is 11.6. The van der Waals surface area contributed by atoms with Crippen molar-refractivity contribution in [3.63, 3.8) is 0 Å². The number of hydrogen-bond donors (Lipinski definition) is 1. The Bertz CT molecular complexity index is 1280. The maximum atomic E-state index is 11.6. The van der Waals surface area contributed by atoms with Crippen LogP contribution in [0.4, 0.5) is 5.69 Å². The first-order valence-corrected chi connectivity index (χ1v) is 13.1. The SMILES string of the molecule is CCC(/C=C1\Sc2cc(C)c(C)cc2N1CC)=C\c1sc2ccc(Br)cc2[n+]1CC(=O)O. The van der Waals surface area contributed by atoms with Crippen LogP contribution in [0.15, 0.2) is 56.4 Å². The number of aryl methyl sites for hydroxylation is 2. The number of rotatable bonds is 6. The Hall–Kier alpha value is -2.09. The Labute approximate surface area is 205 Å². The van der Waals surface area contributed by atoms with E-state index in [1.807, 2.05) is 34.5 Å². The summed E-state index contributed by atoms with van der Waals surface area (Å²) >= 11 is 6.95. The molecule has 166 valence electrons. The normalized spacial score (nSPS) is 15.1. The molecular weight excluding hydrogens is 504 g/mol. The summed E-state index contributed by atoms with van der Waals surface area (Å²) in [5, 5.41) is 11.7. The average Bonchev–Trinajstić information content (AvgIpc) is 3.24. The molecule has 1 N–H and O–H groups in total. The first-order valence-electron chi connectivity index (χ1n) is 10.6. The minimum absolute atomic E-state index is 0.0598. The fraction of sp³-hybridized carbons (Fsp3) is 0.280. The lowest BCUT2D eigenvalue weighted by atomic mass is 10.1. The fourth-order valence-corrected chi connectivity index (χ4v) is 6.58. The number of anilines is 1. The van der Waals surface area contributed by atoms with Crippen LogP contribution in [0, 0.1) is 13.8 Å². The van der Waals surface area contributed by atoms with Crippen LogP contribution in [-0.2, 0) is 11.3 Å². The van der Waals surface area contributed by atoms with Crippen LogP contribution in [0.25, 0.3) is 16.3 Å². The van der Waals surface area contributed by atoms with Crippen molar-refractivity contribution in [1.29, 1.82) is 0 Å². The fourth-order valence-electron chi connectivity index (χ4n) is 3.83. The van der Waals surface area contributed by atoms with Gasteiger partial charge in [0.15, 0.2) is 0 Å². The van der Waals surface area contributed by atoms with Gasteiger partial charge < -0.3 is 10.0 Å². The number of thiazole rings is 1. The Balaban J connectivity index is 1.77. The number of carboxylic acids is 1. The summed E-state index contributed by atoms with van der Waals surface area (Å²) in [4.78, 5) is 15.2. The number of nitrogens with zero attached hydrogens (tertiary/aromatic N) is 2. The molecule has 0 atom stereocenters. The molecule has 2 heterocycles. The molecule has 32 heavy (non-hydrogen) atoms. The van der Waals surface area contributed by atoms with E-state index in [2.05, 4.69) is 72.8 Å². The minimum atomic E-state index is -0.842. The summed E-state index contributed by atoms with van der Waals surface area (Å²) in [6, 6.07) is 10.6. The summed E-state index contributed by atoms with van der Waals surface area (Å²) in [6.45, 7) is 9.49. The Morgan fingerprint density at radius 1 is 1.19 bits per heavy atom. The van der Waals surface area contributed by atoms with Crippen molar-refractivity contribution < 1.29 is 14.5 Å². The summed E-state index contributed by atoms with van der Waals surface area (Å²) < 4.78 is 3.91. The van der Waals surface area contributed by atoms with E-state index < -0.39 is 5.97 Å². The van der Waals surface area contributed by atoms with E-state index in [0.717, 1.165) is 32.7 Å². The molecule has 1 aliphatic heterocycles. The second kappa shape index (κ2) is 9.41. The zero-order valence-corrected chi connectivity index (χ0v) is 21.8. The van der Waals surface area contributed by atoms with Crippen molar-refractivity contribution in [2.24, 2.45) is 0 Å². The van der Waals surface area contributed by atoms with E-state index >= 15 is 0 Å². The van der Waals surface area contributed by atoms with Gasteiger partial charge >= 0.3 is 5.97 Å². The Morgan fingerprint density at radius 2 is 1.94 bits per heavy atom. The topological polar surface area (TPSA) is 44.4 Å². The molecule has 1 aromatic heterocycles. The molecule has 0 saturated heterocycles. The van der Waals surface area contributed by atoms with Gasteiger partial charge in [0.2, 0.25) is 12.1 Å². The molecule has 0 radical (unpaired) electrons. The molecule has 1 aliphatic rings. The van der Waals surface area contributed by atoms with Crippen LogP contribution in [0.1, 0.15) is 36.4 Å². The monoisotopic (exact) mass is 529 g/mol. The quantitative estimate of drug-likeness (QED) is 0.352. The van der Waals surface area contributed by atoms with Gasteiger partial charge in [-0.2, -0.15) is 4.57 Å². The third-order valence-corrected chi connectivity index (χ3v) is 8.37. The zero-order chi connectivity index (χ0) is 23.0. The summed E-state index contributed by atoms with van der Waals surface area (Å²) in [7, 11) is 0. The lowest BCUT2D eigenvalue weighted by Crippen LogP contribution is -2.39. The van der Waals surface area contributed by atoms with Gasteiger partial charge in [-0.3, -0.25) is 0 Å². The van der Waals surface area contributed by atoms with E-state index in [9.17, 15) is 9.90 Å². The number of carbonyl (C=O) groups is 1. The smallest absolute Gasteiger partial charge is 0.370 e. The van der Waals surface area contributed by atoms with Crippen LogP contribution in [0.5, 0.6) is 0 Å². The molecule has 0 bridgehead atoms. The highest BCUT2D eigenvalue weighted by Gasteiger charge is 2.26. The summed E-state index contributed by atoms with van der Waals surface area (Å²) in [6.07, 6.45) is 5.26. The number of hydrogen-bond acceptors (Lipinski definition) is 4. The standard InChI is InChI=1S/C25H25BrN2O2S2/c1-5-17(11-23-27(6-2)19-9-15(3)16(4)10-22(19)32-23)12-24-28(14-25(29)30)20-13-18(26)7-8-21(20)31-24/h7-13H,5-6,14H2,1-4H3/p+1. The highest BCUT2D eigenvalue weighted by molar-refractivity contribution is 9.10. The molecule has 0 amide bonds. The number of benzene rings is 2. The van der Waals surface area contributed by atoms with Gasteiger partial charge in [0, 0.05) is 28.1 Å². The average molecular weight is 531 g/mol. The van der Waals surface area contributed by atoms with Crippen LogP contribution in [0.3, 0.4) is 0 Å². The van der Waals surface area contributed by atoms with Gasteiger partial charge in [-0.05, 0) is 74.2 Å². The molecule has 7 heteroatoms. The van der Waals surface area contributed by atoms with Gasteiger partial charge in [-0.15, -0.1) is 0 Å². The van der Waals surface area contributed by atoms with E-state index in [4.69, 9.17) is 0 Å². The van der Waals surface area contributed by atoms with Crippen molar-refractivity contribution in [2.75, 3.05) is 11.4 Å². The van der Waals surface area contributed by atoms with Crippen LogP contribution >= 0.6 is 39.0 Å². The third kappa shape index (κ3) is 4.51. The van der Waals surface area contributed by atoms with E-state index in [-0.39, 0.29) is 6.54 Å². The molecule has 4 nitrogen and oxygen atoms in total. The third-order valence-electron chi connectivity index (χ3n) is 5.67. The first kappa shape index (κ1) is 23.1. The predicted octanol–water partition coefficient (Wildman–Crippen LogP) is 6.92. The number of aliphatic carboxylic acids is 1. The Morgan fingerprint density at radius 3 is 2.62 bits per heavy atom. The number of fused-ring (bicyclic) bond motifs is 2. The Kier molecular flexibility index (Phi) is 6.79. The van der Waals surface area contributed by atoms with Crippen LogP contribution in [0.2, 0.25) is 0 Å². The van der Waals surface area contributed by atoms with Gasteiger partial charge in [-0.25, -0.2) is 4.79 Å². The predicted molar refractivity (Wildman–Crippen MR) is 138 cm³/mol. The van der Waals surface area contributed by atoms with Gasteiger partial charge in [-0.1, -0.05) is 46.0 Å². The number of carboxylic acid groups (broad SMARTS) is 1. The zero-order valence-electron chi connectivity index (χ0n) is 18.6. The summed E-state index contributed by atoms with van der Waals surface area (Å²) in [5.74, 6) is -0.842. The second-order valence-electron chi connectivity index (χ2n) is 7.84. The molecular formula is C25H26BrN2O2S2+. The van der Waals surface area contributed by atoms with Crippen molar-refractivity contribution in [3.8, 4) is 0 Å².